The van der Waals surface area contributed by atoms with Crippen LogP contribution in [0.25, 0.3) is 11.2 Å². The van der Waals surface area contributed by atoms with E-state index in [0.29, 0.717) is 34.2 Å². The normalized spacial score (nSPS) is 11.1. The summed E-state index contributed by atoms with van der Waals surface area (Å²) in [6, 6.07) is 15.2. The number of nitrogens with zero attached hydrogens (tertiary/aromatic N) is 4. The number of ether oxygens (including phenoxy) is 1. The van der Waals surface area contributed by atoms with E-state index < -0.39 is 0 Å². The number of fused-ring (bicyclic) bond motifs is 1. The predicted octanol–water partition coefficient (Wildman–Crippen LogP) is 4.46. The minimum atomic E-state index is -0.383. The number of aromatic amines is 1. The Labute approximate surface area is 208 Å². The number of aryl methyl sites for hydroxylation is 1. The van der Waals surface area contributed by atoms with E-state index in [1.807, 2.05) is 55.3 Å². The van der Waals surface area contributed by atoms with Crippen molar-refractivity contribution in [3.63, 3.8) is 0 Å². The minimum absolute atomic E-state index is 0.0988. The fourth-order valence-electron chi connectivity index (χ4n) is 3.73. The van der Waals surface area contributed by atoms with Gasteiger partial charge in [0.1, 0.15) is 11.3 Å². The first kappa shape index (κ1) is 24.5. The summed E-state index contributed by atoms with van der Waals surface area (Å²) in [6.45, 7) is 4.53. The van der Waals surface area contributed by atoms with Gasteiger partial charge < -0.3 is 14.6 Å². The van der Waals surface area contributed by atoms with Crippen molar-refractivity contribution in [2.45, 2.75) is 38.5 Å². The number of thioether (sulfide) groups is 1. The maximum Gasteiger partial charge on any atom is 0.328 e. The molecule has 1 N–H and O–H groups in total. The highest BCUT2D eigenvalue weighted by atomic mass is 32.2. The van der Waals surface area contributed by atoms with E-state index >= 15 is 0 Å². The van der Waals surface area contributed by atoms with Gasteiger partial charge in [-0.1, -0.05) is 60.6 Å². The van der Waals surface area contributed by atoms with Gasteiger partial charge in [0.05, 0.1) is 13.7 Å². The van der Waals surface area contributed by atoms with Crippen LogP contribution in [0.1, 0.15) is 34.8 Å². The maximum absolute atomic E-state index is 12.9. The van der Waals surface area contributed by atoms with E-state index in [1.54, 1.807) is 19.2 Å². The number of anilines is 1. The summed E-state index contributed by atoms with van der Waals surface area (Å²) in [4.78, 5) is 40.2. The van der Waals surface area contributed by atoms with Crippen LogP contribution in [0.2, 0.25) is 0 Å². The van der Waals surface area contributed by atoms with Crippen LogP contribution < -0.4 is 15.3 Å². The molecule has 0 amide bonds. The van der Waals surface area contributed by atoms with Crippen molar-refractivity contribution >= 4 is 34.5 Å². The summed E-state index contributed by atoms with van der Waals surface area (Å²) >= 11 is 1.53. The highest BCUT2D eigenvalue weighted by Crippen LogP contribution is 2.26. The predicted molar refractivity (Wildman–Crippen MR) is 140 cm³/mol. The number of ketones is 1. The number of rotatable bonds is 10. The van der Waals surface area contributed by atoms with Gasteiger partial charge in [0.2, 0.25) is 0 Å². The minimum Gasteiger partial charge on any atom is -0.497 e. The summed E-state index contributed by atoms with van der Waals surface area (Å²) < 4.78 is 6.65. The topological polar surface area (TPSA) is 93.1 Å². The maximum atomic E-state index is 12.9. The molecule has 0 aliphatic heterocycles. The molecule has 0 aliphatic rings. The van der Waals surface area contributed by atoms with Gasteiger partial charge in [-0.05, 0) is 31.0 Å². The van der Waals surface area contributed by atoms with Crippen LogP contribution in [0.3, 0.4) is 0 Å². The lowest BCUT2D eigenvalue weighted by Crippen LogP contribution is -2.22. The summed E-state index contributed by atoms with van der Waals surface area (Å²) in [5.74, 6) is 2.11. The zero-order valence-electron chi connectivity index (χ0n) is 20.4. The van der Waals surface area contributed by atoms with Gasteiger partial charge in [-0.15, -0.1) is 0 Å². The molecule has 4 aromatic rings. The summed E-state index contributed by atoms with van der Waals surface area (Å²) in [6.07, 6.45) is 0.967. The highest BCUT2D eigenvalue weighted by Gasteiger charge is 2.20. The molecule has 0 aliphatic carbocycles. The van der Waals surface area contributed by atoms with E-state index in [0.717, 1.165) is 29.1 Å². The van der Waals surface area contributed by atoms with Crippen LogP contribution in [-0.2, 0) is 13.1 Å². The van der Waals surface area contributed by atoms with Crippen LogP contribution in [0.15, 0.2) is 58.5 Å². The van der Waals surface area contributed by atoms with Crippen LogP contribution in [-0.4, -0.2) is 45.2 Å². The Bertz CT molecular complexity index is 1380. The SMILES string of the molecule is CCCSc1nc(N(C)Cc2ccc(OC)cc2)c2[nH]c(=O)n(CC(=O)c3ccc(C)cc3)c2n1. The summed E-state index contributed by atoms with van der Waals surface area (Å²) in [5.41, 5.74) is 3.26. The lowest BCUT2D eigenvalue weighted by atomic mass is 10.1. The molecule has 4 rings (SSSR count). The van der Waals surface area contributed by atoms with Gasteiger partial charge in [-0.3, -0.25) is 9.36 Å². The molecule has 0 radical (unpaired) electrons. The molecule has 35 heavy (non-hydrogen) atoms. The van der Waals surface area contributed by atoms with E-state index in [1.165, 1.54) is 16.3 Å². The Kier molecular flexibility index (Phi) is 7.55. The van der Waals surface area contributed by atoms with Gasteiger partial charge in [0, 0.05) is 24.9 Å². The van der Waals surface area contributed by atoms with Crippen molar-refractivity contribution < 1.29 is 9.53 Å². The molecule has 2 aromatic heterocycles. The Morgan fingerprint density at radius 1 is 1.11 bits per heavy atom. The average molecular weight is 492 g/mol. The summed E-state index contributed by atoms with van der Waals surface area (Å²) in [5, 5.41) is 0.575. The average Bonchev–Trinajstić information content (AvgIpc) is 3.17. The Balaban J connectivity index is 1.71. The van der Waals surface area contributed by atoms with E-state index in [9.17, 15) is 9.59 Å². The number of H-pyrrole nitrogens is 1. The summed E-state index contributed by atoms with van der Waals surface area (Å²) in [7, 11) is 3.56. The smallest absolute Gasteiger partial charge is 0.328 e. The van der Waals surface area contributed by atoms with Gasteiger partial charge in [-0.2, -0.15) is 0 Å². The molecule has 182 valence electrons. The Hall–Kier alpha value is -3.59. The first-order valence-corrected chi connectivity index (χ1v) is 12.5. The zero-order valence-corrected chi connectivity index (χ0v) is 21.2. The molecule has 0 unspecified atom stereocenters. The number of benzene rings is 2. The quantitative estimate of drug-likeness (QED) is 0.199. The van der Waals surface area contributed by atoms with Crippen molar-refractivity contribution in [2.75, 3.05) is 24.8 Å². The molecule has 0 saturated carbocycles. The van der Waals surface area contributed by atoms with Gasteiger partial charge in [-0.25, -0.2) is 14.8 Å². The molecule has 8 nitrogen and oxygen atoms in total. The van der Waals surface area contributed by atoms with Gasteiger partial charge >= 0.3 is 5.69 Å². The molecule has 0 fully saturated rings. The molecular weight excluding hydrogens is 462 g/mol. The molecule has 9 heteroatoms. The Morgan fingerprint density at radius 3 is 2.49 bits per heavy atom. The third-order valence-electron chi connectivity index (χ3n) is 5.63. The van der Waals surface area contributed by atoms with Crippen LogP contribution in [0.5, 0.6) is 5.75 Å². The molecular formula is C26H29N5O3S. The number of imidazole rings is 1. The van der Waals surface area contributed by atoms with Crippen LogP contribution >= 0.6 is 11.8 Å². The van der Waals surface area contributed by atoms with Crippen molar-refractivity contribution in [1.82, 2.24) is 19.5 Å². The van der Waals surface area contributed by atoms with Crippen LogP contribution in [0.4, 0.5) is 5.82 Å². The van der Waals surface area contributed by atoms with Gasteiger partial charge in [0.15, 0.2) is 22.4 Å². The number of methoxy groups -OCH3 is 1. The number of hydrogen-bond donors (Lipinski definition) is 1. The number of carbonyl (C=O) groups is 1. The lowest BCUT2D eigenvalue weighted by molar-refractivity contribution is 0.0972. The second kappa shape index (κ2) is 10.8. The Morgan fingerprint density at radius 2 is 1.83 bits per heavy atom. The molecule has 2 heterocycles. The monoisotopic (exact) mass is 491 g/mol. The third kappa shape index (κ3) is 5.57. The first-order chi connectivity index (χ1) is 16.9. The van der Waals surface area contributed by atoms with E-state index in [2.05, 4.69) is 16.9 Å². The second-order valence-electron chi connectivity index (χ2n) is 8.39. The third-order valence-corrected chi connectivity index (χ3v) is 6.69. The fourth-order valence-corrected chi connectivity index (χ4v) is 4.42. The number of Topliss-reactive ketones (excluding diaryl/α,β-unsaturated/α-hetero) is 1. The number of nitrogens with one attached hydrogen (secondary N) is 1. The second-order valence-corrected chi connectivity index (χ2v) is 9.45. The molecule has 0 bridgehead atoms. The van der Waals surface area contributed by atoms with Crippen molar-refractivity contribution in [3.8, 4) is 5.75 Å². The number of hydrogen-bond acceptors (Lipinski definition) is 7. The van der Waals surface area contributed by atoms with Crippen LogP contribution in [0, 0.1) is 6.92 Å². The number of carbonyl (C=O) groups excluding carboxylic acids is 1. The fraction of sp³-hybridized carbons (Fsp3) is 0.308. The van der Waals surface area contributed by atoms with E-state index in [4.69, 9.17) is 9.72 Å². The molecule has 2 aromatic carbocycles. The largest absolute Gasteiger partial charge is 0.497 e. The van der Waals surface area contributed by atoms with Crippen molar-refractivity contribution in [2.24, 2.45) is 0 Å². The highest BCUT2D eigenvalue weighted by molar-refractivity contribution is 7.99. The van der Waals surface area contributed by atoms with Gasteiger partial charge in [0.25, 0.3) is 0 Å². The first-order valence-electron chi connectivity index (χ1n) is 11.5. The molecule has 0 atom stereocenters. The molecule has 0 saturated heterocycles. The van der Waals surface area contributed by atoms with Crippen molar-refractivity contribution in [3.05, 3.63) is 75.7 Å². The van der Waals surface area contributed by atoms with E-state index in [-0.39, 0.29) is 18.0 Å². The number of aromatic nitrogens is 4. The molecule has 0 spiro atoms. The lowest BCUT2D eigenvalue weighted by Gasteiger charge is -2.19. The zero-order chi connectivity index (χ0) is 24.9. The van der Waals surface area contributed by atoms with Crippen molar-refractivity contribution in [1.29, 1.82) is 0 Å². The standard InChI is InChI=1S/C26H29N5O3S/c1-5-14-35-25-28-23(30(3)15-18-8-12-20(34-4)13-9-18)22-24(29-25)31(26(33)27-22)16-21(32)19-10-6-17(2)7-11-19/h6-13H,5,14-16H2,1-4H3,(H,27,33).